The zero-order valence-electron chi connectivity index (χ0n) is 12.3. The Morgan fingerprint density at radius 2 is 1.73 bits per heavy atom. The molecular weight excluding hydrogens is 278 g/mol. The molecule has 2 N–H and O–H groups in total. The van der Waals surface area contributed by atoms with Gasteiger partial charge in [-0.2, -0.15) is 0 Å². The third-order valence-corrected chi connectivity index (χ3v) is 3.79. The Bertz CT molecular complexity index is 832. The second-order valence-corrected chi connectivity index (χ2v) is 5.28. The molecule has 0 amide bonds. The van der Waals surface area contributed by atoms with E-state index in [-0.39, 0.29) is 11.5 Å². The Kier molecular flexibility index (Phi) is 3.59. The van der Waals surface area contributed by atoms with Gasteiger partial charge in [0.1, 0.15) is 11.5 Å². The lowest BCUT2D eigenvalue weighted by Gasteiger charge is -2.10. The average molecular weight is 295 g/mol. The van der Waals surface area contributed by atoms with E-state index < -0.39 is 0 Å². The summed E-state index contributed by atoms with van der Waals surface area (Å²) in [6, 6.07) is 11.9. The van der Waals surface area contributed by atoms with Crippen LogP contribution in [0, 0.1) is 0 Å². The van der Waals surface area contributed by atoms with Crippen LogP contribution in [0.1, 0.15) is 23.7 Å². The number of phenols is 2. The molecule has 4 nitrogen and oxygen atoms in total. The number of fused-ring (bicyclic) bond motifs is 1. The number of aryl methyl sites for hydroxylation is 1. The van der Waals surface area contributed by atoms with Crippen LogP contribution < -0.4 is 0 Å². The van der Waals surface area contributed by atoms with Gasteiger partial charge in [0.05, 0.1) is 5.69 Å². The van der Waals surface area contributed by atoms with E-state index in [1.165, 1.54) is 0 Å². The summed E-state index contributed by atoms with van der Waals surface area (Å²) in [5.41, 5.74) is 3.16. The largest absolute Gasteiger partial charge is 0.508 e. The molecule has 0 fully saturated rings. The highest BCUT2D eigenvalue weighted by atomic mass is 16.3. The minimum atomic E-state index is 0.140. The molecule has 0 atom stereocenters. The van der Waals surface area contributed by atoms with Crippen molar-refractivity contribution in [1.82, 2.24) is 4.57 Å². The van der Waals surface area contributed by atoms with Crippen molar-refractivity contribution in [2.24, 2.45) is 0 Å². The Balaban J connectivity index is 2.37. The summed E-state index contributed by atoms with van der Waals surface area (Å²) in [6.45, 7) is 2.85. The number of benzene rings is 2. The van der Waals surface area contributed by atoms with Crippen LogP contribution in [0.15, 0.2) is 42.5 Å². The van der Waals surface area contributed by atoms with Gasteiger partial charge in [0, 0.05) is 23.0 Å². The van der Waals surface area contributed by atoms with Gasteiger partial charge < -0.3 is 14.8 Å². The van der Waals surface area contributed by atoms with Crippen LogP contribution in [0.2, 0.25) is 0 Å². The van der Waals surface area contributed by atoms with E-state index in [1.54, 1.807) is 36.4 Å². The van der Waals surface area contributed by atoms with Gasteiger partial charge in [0.2, 0.25) is 0 Å². The summed E-state index contributed by atoms with van der Waals surface area (Å²) in [6.07, 6.45) is 1.75. The summed E-state index contributed by atoms with van der Waals surface area (Å²) in [5.74, 6) is 0.328. The smallest absolute Gasteiger partial charge is 0.152 e. The van der Waals surface area contributed by atoms with Crippen LogP contribution >= 0.6 is 0 Å². The highest BCUT2D eigenvalue weighted by Crippen LogP contribution is 2.35. The lowest BCUT2D eigenvalue weighted by atomic mass is 10.1. The first kappa shape index (κ1) is 14.2. The molecule has 3 aromatic rings. The third kappa shape index (κ3) is 2.22. The molecule has 0 bridgehead atoms. The van der Waals surface area contributed by atoms with Gasteiger partial charge >= 0.3 is 0 Å². The van der Waals surface area contributed by atoms with Gasteiger partial charge in [-0.15, -0.1) is 0 Å². The molecule has 22 heavy (non-hydrogen) atoms. The van der Waals surface area contributed by atoms with Crippen molar-refractivity contribution < 1.29 is 15.0 Å². The zero-order chi connectivity index (χ0) is 15.7. The molecule has 0 radical (unpaired) electrons. The molecule has 0 saturated heterocycles. The fraction of sp³-hybridized carbons (Fsp3) is 0.167. The van der Waals surface area contributed by atoms with Crippen LogP contribution in [0.4, 0.5) is 0 Å². The molecule has 112 valence electrons. The Morgan fingerprint density at radius 3 is 2.36 bits per heavy atom. The first-order valence-electron chi connectivity index (χ1n) is 7.25. The molecule has 0 aliphatic rings. The SMILES string of the molecule is CCCn1c(-c2ccc(O)cc2)c(C=O)c2cc(O)ccc21. The molecule has 0 saturated carbocycles. The van der Waals surface area contributed by atoms with Gasteiger partial charge in [-0.3, -0.25) is 4.79 Å². The average Bonchev–Trinajstić information content (AvgIpc) is 2.81. The fourth-order valence-corrected chi connectivity index (χ4v) is 2.87. The Morgan fingerprint density at radius 1 is 1.05 bits per heavy atom. The van der Waals surface area contributed by atoms with Gasteiger partial charge in [-0.05, 0) is 54.4 Å². The molecule has 0 unspecified atom stereocenters. The second kappa shape index (κ2) is 5.56. The highest BCUT2D eigenvalue weighted by molar-refractivity contribution is 6.05. The number of carbonyl (C=O) groups excluding carboxylic acids is 1. The molecule has 1 heterocycles. The Labute approximate surface area is 128 Å². The topological polar surface area (TPSA) is 62.5 Å². The number of nitrogens with zero attached hydrogens (tertiary/aromatic N) is 1. The molecule has 0 spiro atoms. The maximum atomic E-state index is 11.7. The monoisotopic (exact) mass is 295 g/mol. The van der Waals surface area contributed by atoms with Crippen LogP contribution in [-0.2, 0) is 6.54 Å². The van der Waals surface area contributed by atoms with Gasteiger partial charge in [0.25, 0.3) is 0 Å². The van der Waals surface area contributed by atoms with E-state index in [0.29, 0.717) is 5.56 Å². The number of aldehydes is 1. The third-order valence-electron chi connectivity index (χ3n) is 3.79. The minimum Gasteiger partial charge on any atom is -0.508 e. The van der Waals surface area contributed by atoms with Crippen LogP contribution in [0.5, 0.6) is 11.5 Å². The van der Waals surface area contributed by atoms with Crippen molar-refractivity contribution in [2.75, 3.05) is 0 Å². The standard InChI is InChI=1S/C18H17NO3/c1-2-9-19-17-8-7-14(22)10-15(17)16(11-20)18(19)12-3-5-13(21)6-4-12/h3-8,10-11,21-22H,2,9H2,1H3. The quantitative estimate of drug-likeness (QED) is 0.717. The lowest BCUT2D eigenvalue weighted by Crippen LogP contribution is -2.00. The van der Waals surface area contributed by atoms with E-state index in [2.05, 4.69) is 11.5 Å². The fourth-order valence-electron chi connectivity index (χ4n) is 2.87. The second-order valence-electron chi connectivity index (χ2n) is 5.28. The summed E-state index contributed by atoms with van der Waals surface area (Å²) in [4.78, 5) is 11.7. The molecule has 1 aromatic heterocycles. The highest BCUT2D eigenvalue weighted by Gasteiger charge is 2.18. The molecule has 0 aliphatic heterocycles. The summed E-state index contributed by atoms with van der Waals surface area (Å²) in [5, 5.41) is 19.9. The zero-order valence-corrected chi connectivity index (χ0v) is 12.3. The lowest BCUT2D eigenvalue weighted by molar-refractivity contribution is 0.112. The van der Waals surface area contributed by atoms with Crippen molar-refractivity contribution in [3.8, 4) is 22.8 Å². The Hall–Kier alpha value is -2.75. The van der Waals surface area contributed by atoms with Crippen molar-refractivity contribution >= 4 is 17.2 Å². The van der Waals surface area contributed by atoms with Crippen LogP contribution in [-0.4, -0.2) is 21.1 Å². The summed E-state index contributed by atoms with van der Waals surface area (Å²) >= 11 is 0. The van der Waals surface area contributed by atoms with E-state index >= 15 is 0 Å². The molecule has 4 heteroatoms. The molecular formula is C18H17NO3. The van der Waals surface area contributed by atoms with Crippen molar-refractivity contribution in [3.63, 3.8) is 0 Å². The number of hydrogen-bond donors (Lipinski definition) is 2. The van der Waals surface area contributed by atoms with Gasteiger partial charge in [-0.1, -0.05) is 6.92 Å². The predicted molar refractivity (Wildman–Crippen MR) is 86.4 cm³/mol. The number of carbonyl (C=O) groups is 1. The predicted octanol–water partition coefficient (Wildman–Crippen LogP) is 3.94. The maximum absolute atomic E-state index is 11.7. The van der Waals surface area contributed by atoms with Crippen molar-refractivity contribution in [3.05, 3.63) is 48.0 Å². The van der Waals surface area contributed by atoms with E-state index in [0.717, 1.165) is 41.4 Å². The number of phenolic OH excluding ortho intramolecular Hbond substituents is 2. The minimum absolute atomic E-state index is 0.140. The first-order chi connectivity index (χ1) is 10.7. The first-order valence-corrected chi connectivity index (χ1v) is 7.25. The maximum Gasteiger partial charge on any atom is 0.152 e. The number of aromatic nitrogens is 1. The molecule has 3 rings (SSSR count). The van der Waals surface area contributed by atoms with Crippen LogP contribution in [0.3, 0.4) is 0 Å². The number of aromatic hydroxyl groups is 2. The molecule has 2 aromatic carbocycles. The van der Waals surface area contributed by atoms with E-state index in [9.17, 15) is 15.0 Å². The van der Waals surface area contributed by atoms with E-state index in [1.807, 2.05) is 6.07 Å². The normalized spacial score (nSPS) is 11.0. The number of hydrogen-bond acceptors (Lipinski definition) is 3. The van der Waals surface area contributed by atoms with E-state index in [4.69, 9.17) is 0 Å². The van der Waals surface area contributed by atoms with Crippen molar-refractivity contribution in [1.29, 1.82) is 0 Å². The van der Waals surface area contributed by atoms with Gasteiger partial charge in [0.15, 0.2) is 6.29 Å². The number of rotatable bonds is 4. The molecule has 0 aliphatic carbocycles. The summed E-state index contributed by atoms with van der Waals surface area (Å²) in [7, 11) is 0. The van der Waals surface area contributed by atoms with Gasteiger partial charge in [-0.25, -0.2) is 0 Å². The summed E-state index contributed by atoms with van der Waals surface area (Å²) < 4.78 is 2.09. The van der Waals surface area contributed by atoms with Crippen LogP contribution in [0.25, 0.3) is 22.2 Å². The van der Waals surface area contributed by atoms with Crippen molar-refractivity contribution in [2.45, 2.75) is 19.9 Å².